The first kappa shape index (κ1) is 22.7. The highest BCUT2D eigenvalue weighted by Gasteiger charge is 2.24. The molecular formula is C17H29ClN4O3S. The lowest BCUT2D eigenvalue weighted by Gasteiger charge is -2.22. The largest absolute Gasteiger partial charge is 0.371 e. The number of rotatable bonds is 8. The number of amides is 1. The van der Waals surface area contributed by atoms with Gasteiger partial charge in [-0.05, 0) is 51.1 Å². The van der Waals surface area contributed by atoms with E-state index in [4.69, 9.17) is 0 Å². The van der Waals surface area contributed by atoms with Crippen LogP contribution in [0.1, 0.15) is 29.6 Å². The van der Waals surface area contributed by atoms with Gasteiger partial charge in [-0.1, -0.05) is 0 Å². The molecule has 2 rings (SSSR count). The number of carbonyl (C=O) groups excluding carboxylic acids is 1. The molecule has 2 N–H and O–H groups in total. The molecule has 0 spiro atoms. The Morgan fingerprint density at radius 3 is 2.42 bits per heavy atom. The molecule has 1 aromatic carbocycles. The van der Waals surface area contributed by atoms with Gasteiger partial charge < -0.3 is 15.5 Å². The van der Waals surface area contributed by atoms with Crippen molar-refractivity contribution in [2.45, 2.75) is 24.2 Å². The van der Waals surface area contributed by atoms with E-state index in [1.165, 1.54) is 20.2 Å². The number of sulfonamides is 1. The van der Waals surface area contributed by atoms with Gasteiger partial charge in [-0.2, -0.15) is 0 Å². The highest BCUT2D eigenvalue weighted by Crippen LogP contribution is 2.28. The van der Waals surface area contributed by atoms with Gasteiger partial charge in [0.25, 0.3) is 5.91 Å². The summed E-state index contributed by atoms with van der Waals surface area (Å²) >= 11 is 0. The first-order valence-corrected chi connectivity index (χ1v) is 10.1. The topological polar surface area (TPSA) is 81.7 Å². The molecule has 7 nitrogen and oxygen atoms in total. The van der Waals surface area contributed by atoms with Crippen molar-refractivity contribution >= 4 is 34.0 Å². The SMILES string of the molecule is CNCCCNC(=O)c1cc(S(=O)(=O)N(C)C)ccc1N1CCCC1.Cl. The van der Waals surface area contributed by atoms with Crippen molar-refractivity contribution in [1.29, 1.82) is 0 Å². The van der Waals surface area contributed by atoms with E-state index in [1.54, 1.807) is 12.1 Å². The smallest absolute Gasteiger partial charge is 0.253 e. The fourth-order valence-corrected chi connectivity index (χ4v) is 3.79. The second-order valence-electron chi connectivity index (χ2n) is 6.37. The predicted molar refractivity (Wildman–Crippen MR) is 107 cm³/mol. The number of carbonyl (C=O) groups is 1. The summed E-state index contributed by atoms with van der Waals surface area (Å²) in [5, 5.41) is 5.93. The van der Waals surface area contributed by atoms with Crippen LogP contribution in [0.4, 0.5) is 5.69 Å². The fraction of sp³-hybridized carbons (Fsp3) is 0.588. The zero-order chi connectivity index (χ0) is 18.4. The normalized spacial score (nSPS) is 14.4. The first-order valence-electron chi connectivity index (χ1n) is 8.62. The molecule has 1 amide bonds. The predicted octanol–water partition coefficient (Wildman–Crippen LogP) is 1.30. The third-order valence-corrected chi connectivity index (χ3v) is 6.14. The number of hydrogen-bond donors (Lipinski definition) is 2. The molecule has 0 unspecified atom stereocenters. The van der Waals surface area contributed by atoms with Crippen LogP contribution in [0.5, 0.6) is 0 Å². The third kappa shape index (κ3) is 5.33. The minimum atomic E-state index is -3.58. The van der Waals surface area contributed by atoms with Crippen LogP contribution in [0, 0.1) is 0 Å². The summed E-state index contributed by atoms with van der Waals surface area (Å²) in [5.74, 6) is -0.228. The summed E-state index contributed by atoms with van der Waals surface area (Å²) in [6.07, 6.45) is 2.99. The molecule has 1 saturated heterocycles. The Balaban J connectivity index is 0.00000338. The van der Waals surface area contributed by atoms with Crippen molar-refractivity contribution in [2.24, 2.45) is 0 Å². The number of benzene rings is 1. The van der Waals surface area contributed by atoms with Gasteiger partial charge >= 0.3 is 0 Å². The third-order valence-electron chi connectivity index (χ3n) is 4.33. The zero-order valence-electron chi connectivity index (χ0n) is 15.6. The van der Waals surface area contributed by atoms with E-state index in [-0.39, 0.29) is 23.2 Å². The number of nitrogens with zero attached hydrogens (tertiary/aromatic N) is 2. The number of anilines is 1. The average molecular weight is 405 g/mol. The summed E-state index contributed by atoms with van der Waals surface area (Å²) in [5.41, 5.74) is 1.23. The van der Waals surface area contributed by atoms with Crippen LogP contribution in [-0.4, -0.2) is 66.0 Å². The Kier molecular flexibility index (Phi) is 8.82. The minimum Gasteiger partial charge on any atom is -0.371 e. The van der Waals surface area contributed by atoms with Crippen LogP contribution in [0.2, 0.25) is 0 Å². The molecule has 0 aromatic heterocycles. The maximum absolute atomic E-state index is 12.7. The minimum absolute atomic E-state index is 0. The first-order chi connectivity index (χ1) is 11.9. The van der Waals surface area contributed by atoms with Crippen LogP contribution in [-0.2, 0) is 10.0 Å². The molecule has 1 heterocycles. The molecule has 148 valence electrons. The molecule has 0 aliphatic carbocycles. The second-order valence-corrected chi connectivity index (χ2v) is 8.53. The van der Waals surface area contributed by atoms with Crippen molar-refractivity contribution in [1.82, 2.24) is 14.9 Å². The number of halogens is 1. The number of hydrogen-bond acceptors (Lipinski definition) is 5. The molecule has 1 aliphatic rings. The van der Waals surface area contributed by atoms with Crippen LogP contribution >= 0.6 is 12.4 Å². The van der Waals surface area contributed by atoms with Crippen molar-refractivity contribution in [3.63, 3.8) is 0 Å². The summed E-state index contributed by atoms with van der Waals surface area (Å²) in [6, 6.07) is 4.83. The van der Waals surface area contributed by atoms with E-state index in [0.29, 0.717) is 12.1 Å². The van der Waals surface area contributed by atoms with E-state index < -0.39 is 10.0 Å². The summed E-state index contributed by atoms with van der Waals surface area (Å²) < 4.78 is 26.0. The van der Waals surface area contributed by atoms with Gasteiger partial charge in [0.05, 0.1) is 10.5 Å². The quantitative estimate of drug-likeness (QED) is 0.638. The molecule has 1 aromatic rings. The molecule has 1 fully saturated rings. The molecule has 26 heavy (non-hydrogen) atoms. The van der Waals surface area contributed by atoms with E-state index in [1.807, 2.05) is 7.05 Å². The molecule has 1 aliphatic heterocycles. The lowest BCUT2D eigenvalue weighted by atomic mass is 10.1. The molecular weight excluding hydrogens is 376 g/mol. The van der Waals surface area contributed by atoms with Gasteiger partial charge in [-0.3, -0.25) is 4.79 Å². The fourth-order valence-electron chi connectivity index (χ4n) is 2.86. The lowest BCUT2D eigenvalue weighted by molar-refractivity contribution is 0.0953. The standard InChI is InChI=1S/C17H28N4O3S.ClH/c1-18-9-6-10-19-17(22)15-13-14(25(23,24)20(2)3)7-8-16(15)21-11-4-5-12-21;/h7-8,13,18H,4-6,9-12H2,1-3H3,(H,19,22);1H. The summed E-state index contributed by atoms with van der Waals surface area (Å²) in [6.45, 7) is 3.14. The summed E-state index contributed by atoms with van der Waals surface area (Å²) in [7, 11) is 1.26. The van der Waals surface area contributed by atoms with Gasteiger partial charge in [0.2, 0.25) is 10.0 Å². The highest BCUT2D eigenvalue weighted by atomic mass is 35.5. The van der Waals surface area contributed by atoms with E-state index in [2.05, 4.69) is 15.5 Å². The monoisotopic (exact) mass is 404 g/mol. The van der Waals surface area contributed by atoms with Crippen LogP contribution < -0.4 is 15.5 Å². The van der Waals surface area contributed by atoms with Crippen molar-refractivity contribution in [3.05, 3.63) is 23.8 Å². The molecule has 0 atom stereocenters. The Labute approximate surface area is 162 Å². The lowest BCUT2D eigenvalue weighted by Crippen LogP contribution is -2.30. The van der Waals surface area contributed by atoms with Crippen LogP contribution in [0.3, 0.4) is 0 Å². The second kappa shape index (κ2) is 10.1. The Hall–Kier alpha value is -1.35. The molecule has 0 saturated carbocycles. The van der Waals surface area contributed by atoms with Gasteiger partial charge in [0, 0.05) is 39.4 Å². The maximum Gasteiger partial charge on any atom is 0.253 e. The van der Waals surface area contributed by atoms with Gasteiger partial charge in [-0.15, -0.1) is 12.4 Å². The van der Waals surface area contributed by atoms with Crippen molar-refractivity contribution in [2.75, 3.05) is 52.2 Å². The average Bonchev–Trinajstić information content (AvgIpc) is 3.12. The molecule has 9 heteroatoms. The Bertz CT molecular complexity index is 704. The maximum atomic E-state index is 12.7. The van der Waals surface area contributed by atoms with Crippen LogP contribution in [0.25, 0.3) is 0 Å². The summed E-state index contributed by atoms with van der Waals surface area (Å²) in [4.78, 5) is 15.0. The van der Waals surface area contributed by atoms with Gasteiger partial charge in [0.15, 0.2) is 0 Å². The van der Waals surface area contributed by atoms with E-state index in [9.17, 15) is 13.2 Å². The number of nitrogens with one attached hydrogen (secondary N) is 2. The Morgan fingerprint density at radius 1 is 1.19 bits per heavy atom. The molecule has 0 radical (unpaired) electrons. The Morgan fingerprint density at radius 2 is 1.85 bits per heavy atom. The highest BCUT2D eigenvalue weighted by molar-refractivity contribution is 7.89. The zero-order valence-corrected chi connectivity index (χ0v) is 17.3. The van der Waals surface area contributed by atoms with Crippen LogP contribution in [0.15, 0.2) is 23.1 Å². The molecule has 0 bridgehead atoms. The van der Waals surface area contributed by atoms with Crippen molar-refractivity contribution in [3.8, 4) is 0 Å². The van der Waals surface area contributed by atoms with Gasteiger partial charge in [-0.25, -0.2) is 12.7 Å². The van der Waals surface area contributed by atoms with E-state index in [0.717, 1.165) is 48.9 Å². The van der Waals surface area contributed by atoms with Gasteiger partial charge in [0.1, 0.15) is 0 Å². The van der Waals surface area contributed by atoms with E-state index >= 15 is 0 Å². The van der Waals surface area contributed by atoms with Crippen molar-refractivity contribution < 1.29 is 13.2 Å².